The van der Waals surface area contributed by atoms with Gasteiger partial charge in [0.05, 0.1) is 28.9 Å². The molecule has 33 heavy (non-hydrogen) atoms. The van der Waals surface area contributed by atoms with Crippen LogP contribution in [0.15, 0.2) is 42.5 Å². The monoisotopic (exact) mass is 468 g/mol. The first-order chi connectivity index (χ1) is 15.8. The fourth-order valence-electron chi connectivity index (χ4n) is 3.93. The number of carbonyl (C=O) groups excluding carboxylic acids is 2. The van der Waals surface area contributed by atoms with E-state index in [0.29, 0.717) is 35.6 Å². The Bertz CT molecular complexity index is 1240. The van der Waals surface area contributed by atoms with Gasteiger partial charge in [0, 0.05) is 24.0 Å². The third kappa shape index (κ3) is 4.31. The van der Waals surface area contributed by atoms with Gasteiger partial charge in [-0.05, 0) is 42.3 Å². The molecule has 170 valence electrons. The molecule has 0 saturated carbocycles. The fraction of sp³-hybridized carbons (Fsp3) is 0.217. The molecule has 4 rings (SSSR count). The molecular weight excluding hydrogens is 447 g/mol. The van der Waals surface area contributed by atoms with Crippen LogP contribution < -0.4 is 11.1 Å². The molecule has 0 spiro atoms. The zero-order valence-corrected chi connectivity index (χ0v) is 18.6. The first-order valence-corrected chi connectivity index (χ1v) is 10.7. The van der Waals surface area contributed by atoms with E-state index in [9.17, 15) is 14.0 Å². The van der Waals surface area contributed by atoms with Gasteiger partial charge < -0.3 is 21.4 Å². The lowest BCUT2D eigenvalue weighted by atomic mass is 10.0. The average molecular weight is 469 g/mol. The Balaban J connectivity index is 1.69. The molecule has 4 N–H and O–H groups in total. The summed E-state index contributed by atoms with van der Waals surface area (Å²) >= 11 is 5.94. The third-order valence-corrected chi connectivity index (χ3v) is 5.94. The Morgan fingerprint density at radius 2 is 2.03 bits per heavy atom. The van der Waals surface area contributed by atoms with Gasteiger partial charge in [0.2, 0.25) is 0 Å². The number of hydrogen-bond acceptors (Lipinski definition) is 4. The van der Waals surface area contributed by atoms with Crippen LogP contribution >= 0.6 is 11.6 Å². The van der Waals surface area contributed by atoms with Crippen molar-refractivity contribution >= 4 is 35.4 Å². The topological polar surface area (TPSA) is 117 Å². The predicted molar refractivity (Wildman–Crippen MR) is 124 cm³/mol. The van der Waals surface area contributed by atoms with Crippen molar-refractivity contribution in [3.05, 3.63) is 70.1 Å². The van der Waals surface area contributed by atoms with Crippen LogP contribution in [-0.4, -0.2) is 39.4 Å². The summed E-state index contributed by atoms with van der Waals surface area (Å²) in [5.41, 5.74) is 8.50. The summed E-state index contributed by atoms with van der Waals surface area (Å²) in [5, 5.41) is 14.7. The Morgan fingerprint density at radius 3 is 2.64 bits per heavy atom. The van der Waals surface area contributed by atoms with Crippen molar-refractivity contribution < 1.29 is 14.0 Å². The number of halogens is 2. The first kappa shape index (κ1) is 22.5. The van der Waals surface area contributed by atoms with Gasteiger partial charge in [-0.3, -0.25) is 9.48 Å². The van der Waals surface area contributed by atoms with Gasteiger partial charge in [0.25, 0.3) is 5.91 Å². The third-order valence-electron chi connectivity index (χ3n) is 5.65. The second kappa shape index (κ2) is 9.03. The highest BCUT2D eigenvalue weighted by atomic mass is 35.5. The summed E-state index contributed by atoms with van der Waals surface area (Å²) in [6, 6.07) is 10.5. The number of amides is 3. The zero-order valence-electron chi connectivity index (χ0n) is 17.8. The maximum absolute atomic E-state index is 13.7. The average Bonchev–Trinajstić information content (AvgIpc) is 3.20. The number of nitrogens with two attached hydrogens (primary N) is 1. The van der Waals surface area contributed by atoms with Crippen LogP contribution in [0.4, 0.5) is 14.9 Å². The van der Waals surface area contributed by atoms with Gasteiger partial charge in [0.15, 0.2) is 0 Å². The lowest BCUT2D eigenvalue weighted by Crippen LogP contribution is -2.43. The van der Waals surface area contributed by atoms with E-state index in [1.54, 1.807) is 33.8 Å². The van der Waals surface area contributed by atoms with Gasteiger partial charge >= 0.3 is 6.03 Å². The van der Waals surface area contributed by atoms with Crippen LogP contribution in [-0.2, 0) is 6.54 Å². The molecule has 0 bridgehead atoms. The molecule has 1 aliphatic rings. The summed E-state index contributed by atoms with van der Waals surface area (Å²) in [6.07, 6.45) is 1.88. The minimum absolute atomic E-state index is 0.0871. The molecule has 3 aromatic rings. The molecule has 1 unspecified atom stereocenters. The number of hydrogen-bond donors (Lipinski definition) is 3. The minimum Gasteiger partial charge on any atom is -0.365 e. The highest BCUT2D eigenvalue weighted by Gasteiger charge is 2.34. The fourth-order valence-corrected chi connectivity index (χ4v) is 4.11. The summed E-state index contributed by atoms with van der Waals surface area (Å²) in [7, 11) is 0. The number of primary amides is 1. The number of aromatic nitrogens is 2. The van der Waals surface area contributed by atoms with Crippen LogP contribution in [0.2, 0.25) is 5.02 Å². The molecule has 0 fully saturated rings. The Kier molecular flexibility index (Phi) is 6.15. The smallest absolute Gasteiger partial charge is 0.322 e. The quantitative estimate of drug-likeness (QED) is 0.480. The van der Waals surface area contributed by atoms with Crippen LogP contribution in [0.5, 0.6) is 0 Å². The van der Waals surface area contributed by atoms with Crippen LogP contribution in [0.1, 0.15) is 41.0 Å². The number of benzene rings is 2. The second-order valence-electron chi connectivity index (χ2n) is 7.75. The molecule has 3 amide bonds. The number of rotatable bonds is 5. The lowest BCUT2D eigenvalue weighted by Gasteiger charge is -2.33. The van der Waals surface area contributed by atoms with Gasteiger partial charge in [-0.15, -0.1) is 0 Å². The maximum Gasteiger partial charge on any atom is 0.322 e. The summed E-state index contributed by atoms with van der Waals surface area (Å²) in [5.74, 6) is -1.26. The van der Waals surface area contributed by atoms with Gasteiger partial charge in [-0.1, -0.05) is 30.7 Å². The Morgan fingerprint density at radius 1 is 1.30 bits per heavy atom. The van der Waals surface area contributed by atoms with Gasteiger partial charge in [0.1, 0.15) is 11.5 Å². The summed E-state index contributed by atoms with van der Waals surface area (Å²) in [4.78, 5) is 27.0. The first-order valence-electron chi connectivity index (χ1n) is 10.4. The van der Waals surface area contributed by atoms with E-state index < -0.39 is 11.7 Å². The molecule has 10 heteroatoms. The second-order valence-corrected chi connectivity index (χ2v) is 8.15. The maximum atomic E-state index is 13.7. The SMILES string of the molecule is CCC1CN(C(=O)Nc2ccc(C=N)cc2)Cc2c(C(N)=O)c(-c3ccc(F)c(Cl)c3)nn21. The molecule has 0 aliphatic carbocycles. The minimum atomic E-state index is -0.689. The highest BCUT2D eigenvalue weighted by molar-refractivity contribution is 6.31. The largest absolute Gasteiger partial charge is 0.365 e. The van der Waals surface area contributed by atoms with Gasteiger partial charge in [-0.2, -0.15) is 5.10 Å². The van der Waals surface area contributed by atoms with E-state index in [0.717, 1.165) is 5.56 Å². The van der Waals surface area contributed by atoms with Crippen molar-refractivity contribution in [3.8, 4) is 11.3 Å². The van der Waals surface area contributed by atoms with E-state index in [1.807, 2.05) is 6.92 Å². The number of nitrogens with one attached hydrogen (secondary N) is 2. The Hall–Kier alpha value is -3.72. The molecule has 1 atom stereocenters. The number of carbonyl (C=O) groups is 2. The van der Waals surface area contributed by atoms with Crippen molar-refractivity contribution in [2.75, 3.05) is 11.9 Å². The standard InChI is InChI=1S/C23H22ClFN6O2/c1-2-16-11-30(23(33)28-15-6-3-13(10-26)4-7-15)12-19-20(22(27)32)21(29-31(16)19)14-5-8-18(25)17(24)9-14/h3-10,16,26H,2,11-12H2,1H3,(H2,27,32)(H,28,33). The molecule has 8 nitrogen and oxygen atoms in total. The van der Waals surface area contributed by atoms with Gasteiger partial charge in [-0.25, -0.2) is 9.18 Å². The summed E-state index contributed by atoms with van der Waals surface area (Å²) < 4.78 is 15.4. The number of nitrogens with zero attached hydrogens (tertiary/aromatic N) is 3. The number of fused-ring (bicyclic) bond motifs is 1. The van der Waals surface area contributed by atoms with E-state index in [1.165, 1.54) is 24.4 Å². The van der Waals surface area contributed by atoms with Crippen molar-refractivity contribution in [1.82, 2.24) is 14.7 Å². The molecule has 0 radical (unpaired) electrons. The zero-order chi connectivity index (χ0) is 23.7. The van der Waals surface area contributed by atoms with Crippen molar-refractivity contribution in [2.45, 2.75) is 25.9 Å². The number of urea groups is 1. The molecular formula is C23H22ClFN6O2. The molecule has 2 heterocycles. The molecule has 1 aliphatic heterocycles. The summed E-state index contributed by atoms with van der Waals surface area (Å²) in [6.45, 7) is 2.48. The molecule has 0 saturated heterocycles. The van der Waals surface area contributed by atoms with Crippen molar-refractivity contribution in [2.24, 2.45) is 5.73 Å². The van der Waals surface area contributed by atoms with Crippen molar-refractivity contribution in [1.29, 1.82) is 5.41 Å². The van der Waals surface area contributed by atoms with E-state index in [4.69, 9.17) is 22.7 Å². The highest BCUT2D eigenvalue weighted by Crippen LogP contribution is 2.34. The van der Waals surface area contributed by atoms with E-state index >= 15 is 0 Å². The van der Waals surface area contributed by atoms with E-state index in [2.05, 4.69) is 10.4 Å². The molecule has 1 aromatic heterocycles. The van der Waals surface area contributed by atoms with Crippen LogP contribution in [0.3, 0.4) is 0 Å². The molecule has 2 aromatic carbocycles. The lowest BCUT2D eigenvalue weighted by molar-refractivity contribution is 0.0996. The normalized spacial score (nSPS) is 15.1. The van der Waals surface area contributed by atoms with Crippen molar-refractivity contribution in [3.63, 3.8) is 0 Å². The van der Waals surface area contributed by atoms with Crippen LogP contribution in [0, 0.1) is 11.2 Å². The van der Waals surface area contributed by atoms with Crippen LogP contribution in [0.25, 0.3) is 11.3 Å². The van der Waals surface area contributed by atoms with E-state index in [-0.39, 0.29) is 29.2 Å². The number of anilines is 1. The predicted octanol–water partition coefficient (Wildman–Crippen LogP) is 4.44. The Labute approximate surface area is 194 Å².